The molecular formula is C27H22ClN3O5. The molecule has 1 heterocycles. The summed E-state index contributed by atoms with van der Waals surface area (Å²) in [5.74, 6) is -1.70. The fourth-order valence-electron chi connectivity index (χ4n) is 3.52. The molecule has 0 saturated carbocycles. The van der Waals surface area contributed by atoms with Gasteiger partial charge in [0.15, 0.2) is 6.61 Å². The van der Waals surface area contributed by atoms with E-state index in [-0.39, 0.29) is 17.9 Å². The third-order valence-electron chi connectivity index (χ3n) is 5.56. The summed E-state index contributed by atoms with van der Waals surface area (Å²) in [7, 11) is 0. The quantitative estimate of drug-likeness (QED) is 0.376. The van der Waals surface area contributed by atoms with Crippen molar-refractivity contribution in [3.05, 3.63) is 94.0 Å². The summed E-state index contributed by atoms with van der Waals surface area (Å²) in [6.07, 6.45) is 1.34. The van der Waals surface area contributed by atoms with E-state index < -0.39 is 23.8 Å². The fraction of sp³-hybridized carbons (Fsp3) is 0.111. The largest absolute Gasteiger partial charge is 0.483 e. The Balaban J connectivity index is 1.55. The first-order valence-electron chi connectivity index (χ1n) is 11.0. The van der Waals surface area contributed by atoms with Crippen molar-refractivity contribution >= 4 is 52.8 Å². The zero-order valence-electron chi connectivity index (χ0n) is 19.5. The van der Waals surface area contributed by atoms with Crippen LogP contribution in [-0.4, -0.2) is 30.4 Å². The van der Waals surface area contributed by atoms with Crippen molar-refractivity contribution in [2.45, 2.75) is 13.8 Å². The molecule has 3 aromatic carbocycles. The van der Waals surface area contributed by atoms with E-state index in [1.54, 1.807) is 66.7 Å². The molecule has 0 bridgehead atoms. The van der Waals surface area contributed by atoms with E-state index in [0.29, 0.717) is 22.0 Å². The number of aryl methyl sites for hydroxylation is 2. The highest BCUT2D eigenvalue weighted by atomic mass is 35.5. The minimum atomic E-state index is -0.825. The molecule has 36 heavy (non-hydrogen) atoms. The van der Waals surface area contributed by atoms with Crippen LogP contribution in [0.1, 0.15) is 16.7 Å². The number of amides is 5. The number of carbonyl (C=O) groups is 4. The van der Waals surface area contributed by atoms with E-state index in [4.69, 9.17) is 16.3 Å². The van der Waals surface area contributed by atoms with Gasteiger partial charge < -0.3 is 10.1 Å². The van der Waals surface area contributed by atoms with Crippen LogP contribution >= 0.6 is 11.6 Å². The minimum absolute atomic E-state index is 0.241. The molecule has 4 rings (SSSR count). The van der Waals surface area contributed by atoms with Gasteiger partial charge in [0, 0.05) is 16.3 Å². The lowest BCUT2D eigenvalue weighted by Crippen LogP contribution is -2.54. The first-order valence-corrected chi connectivity index (χ1v) is 11.4. The number of barbiturate groups is 1. The highest BCUT2D eigenvalue weighted by molar-refractivity contribution is 6.39. The zero-order valence-corrected chi connectivity index (χ0v) is 20.3. The molecule has 9 heteroatoms. The number of carbonyl (C=O) groups excluding carboxylic acids is 4. The number of nitrogens with zero attached hydrogens (tertiary/aromatic N) is 1. The third kappa shape index (κ3) is 5.45. The summed E-state index contributed by atoms with van der Waals surface area (Å²) in [6.45, 7) is 3.47. The number of halogens is 1. The van der Waals surface area contributed by atoms with E-state index >= 15 is 0 Å². The molecular weight excluding hydrogens is 482 g/mol. The predicted molar refractivity (Wildman–Crippen MR) is 137 cm³/mol. The average Bonchev–Trinajstić information content (AvgIpc) is 2.84. The molecule has 5 amide bonds. The van der Waals surface area contributed by atoms with Crippen LogP contribution in [0, 0.1) is 13.8 Å². The van der Waals surface area contributed by atoms with Crippen molar-refractivity contribution < 1.29 is 23.9 Å². The predicted octanol–water partition coefficient (Wildman–Crippen LogP) is 4.64. The van der Waals surface area contributed by atoms with Crippen LogP contribution in [-0.2, 0) is 14.4 Å². The maximum absolute atomic E-state index is 13.2. The third-order valence-corrected chi connectivity index (χ3v) is 5.81. The van der Waals surface area contributed by atoms with Gasteiger partial charge in [-0.2, -0.15) is 0 Å². The number of benzene rings is 3. The molecule has 0 spiro atoms. The molecule has 1 saturated heterocycles. The Morgan fingerprint density at radius 3 is 2.44 bits per heavy atom. The van der Waals surface area contributed by atoms with Crippen LogP contribution in [0.4, 0.5) is 16.2 Å². The smallest absolute Gasteiger partial charge is 0.335 e. The van der Waals surface area contributed by atoms with Gasteiger partial charge in [0.1, 0.15) is 11.3 Å². The molecule has 0 unspecified atom stereocenters. The summed E-state index contributed by atoms with van der Waals surface area (Å²) in [4.78, 5) is 51.5. The normalized spacial score (nSPS) is 14.6. The number of para-hydroxylation sites is 1. The Labute approximate surface area is 212 Å². The standard InChI is InChI=1S/C27H22ClN3O5/c1-16-7-12-21(13-17(16)2)31-26(34)22(25(33)30-27(31)35)14-18-5-3-4-6-23(18)36-15-24(32)29-20-10-8-19(28)9-11-20/h3-14H,15H2,1-2H3,(H,29,32)(H,30,33,35)/b22-14+. The number of hydrogen-bond acceptors (Lipinski definition) is 5. The summed E-state index contributed by atoms with van der Waals surface area (Å²) in [5.41, 5.74) is 2.96. The Kier molecular flexibility index (Phi) is 7.17. The van der Waals surface area contributed by atoms with Gasteiger partial charge in [-0.1, -0.05) is 35.9 Å². The van der Waals surface area contributed by atoms with E-state index in [2.05, 4.69) is 10.6 Å². The number of nitrogens with one attached hydrogen (secondary N) is 2. The van der Waals surface area contributed by atoms with Crippen LogP contribution in [0.5, 0.6) is 5.75 Å². The van der Waals surface area contributed by atoms with E-state index in [1.165, 1.54) is 6.08 Å². The van der Waals surface area contributed by atoms with Gasteiger partial charge in [-0.3, -0.25) is 19.7 Å². The molecule has 182 valence electrons. The summed E-state index contributed by atoms with van der Waals surface area (Å²) in [5, 5.41) is 5.45. The monoisotopic (exact) mass is 503 g/mol. The minimum Gasteiger partial charge on any atom is -0.483 e. The summed E-state index contributed by atoms with van der Waals surface area (Å²) < 4.78 is 5.66. The molecule has 2 N–H and O–H groups in total. The van der Waals surface area contributed by atoms with Crippen molar-refractivity contribution in [1.82, 2.24) is 5.32 Å². The number of anilines is 2. The van der Waals surface area contributed by atoms with Crippen molar-refractivity contribution in [2.75, 3.05) is 16.8 Å². The van der Waals surface area contributed by atoms with E-state index in [1.807, 2.05) is 13.8 Å². The Hall–Kier alpha value is -4.43. The highest BCUT2D eigenvalue weighted by Gasteiger charge is 2.37. The Morgan fingerprint density at radius 2 is 1.72 bits per heavy atom. The lowest BCUT2D eigenvalue weighted by atomic mass is 10.0. The topological polar surface area (TPSA) is 105 Å². The average molecular weight is 504 g/mol. The van der Waals surface area contributed by atoms with E-state index in [0.717, 1.165) is 16.0 Å². The second-order valence-electron chi connectivity index (χ2n) is 8.11. The molecule has 0 aromatic heterocycles. The molecule has 1 fully saturated rings. The SMILES string of the molecule is Cc1ccc(N2C(=O)NC(=O)/C(=C\c3ccccc3OCC(=O)Nc3ccc(Cl)cc3)C2=O)cc1C. The van der Waals surface area contributed by atoms with Crippen molar-refractivity contribution in [3.8, 4) is 5.75 Å². The van der Waals surface area contributed by atoms with Crippen molar-refractivity contribution in [2.24, 2.45) is 0 Å². The van der Waals surface area contributed by atoms with Gasteiger partial charge in [0.05, 0.1) is 5.69 Å². The van der Waals surface area contributed by atoms with Crippen LogP contribution in [0.3, 0.4) is 0 Å². The number of imide groups is 2. The van der Waals surface area contributed by atoms with Gasteiger partial charge in [0.25, 0.3) is 17.7 Å². The maximum atomic E-state index is 13.2. The Bertz CT molecular complexity index is 1400. The zero-order chi connectivity index (χ0) is 25.8. The van der Waals surface area contributed by atoms with Crippen molar-refractivity contribution in [1.29, 1.82) is 0 Å². The second kappa shape index (κ2) is 10.5. The maximum Gasteiger partial charge on any atom is 0.335 e. The van der Waals surface area contributed by atoms with Gasteiger partial charge in [-0.05, 0) is 73.5 Å². The molecule has 0 atom stereocenters. The van der Waals surface area contributed by atoms with Gasteiger partial charge in [-0.15, -0.1) is 0 Å². The molecule has 3 aromatic rings. The van der Waals surface area contributed by atoms with Crippen LogP contribution in [0.2, 0.25) is 5.02 Å². The number of urea groups is 1. The number of rotatable bonds is 6. The van der Waals surface area contributed by atoms with Crippen LogP contribution < -0.4 is 20.3 Å². The fourth-order valence-corrected chi connectivity index (χ4v) is 3.64. The van der Waals surface area contributed by atoms with Crippen LogP contribution in [0.25, 0.3) is 6.08 Å². The number of hydrogen-bond donors (Lipinski definition) is 2. The van der Waals surface area contributed by atoms with Gasteiger partial charge >= 0.3 is 6.03 Å². The van der Waals surface area contributed by atoms with E-state index in [9.17, 15) is 19.2 Å². The summed E-state index contributed by atoms with van der Waals surface area (Å²) in [6, 6.07) is 17.6. The lowest BCUT2D eigenvalue weighted by molar-refractivity contribution is -0.122. The molecule has 1 aliphatic rings. The lowest BCUT2D eigenvalue weighted by Gasteiger charge is -2.27. The first-order chi connectivity index (χ1) is 17.2. The molecule has 1 aliphatic heterocycles. The van der Waals surface area contributed by atoms with Crippen molar-refractivity contribution in [3.63, 3.8) is 0 Å². The van der Waals surface area contributed by atoms with Gasteiger partial charge in [-0.25, -0.2) is 9.69 Å². The molecule has 8 nitrogen and oxygen atoms in total. The first kappa shape index (κ1) is 24.7. The molecule has 0 aliphatic carbocycles. The second-order valence-corrected chi connectivity index (χ2v) is 8.54. The van der Waals surface area contributed by atoms with Crippen LogP contribution in [0.15, 0.2) is 72.3 Å². The highest BCUT2D eigenvalue weighted by Crippen LogP contribution is 2.26. The number of ether oxygens (including phenoxy) is 1. The molecule has 0 radical (unpaired) electrons. The Morgan fingerprint density at radius 1 is 1.00 bits per heavy atom. The van der Waals surface area contributed by atoms with Gasteiger partial charge in [0.2, 0.25) is 0 Å². The summed E-state index contributed by atoms with van der Waals surface area (Å²) >= 11 is 5.86.